The Morgan fingerprint density at radius 1 is 0.291 bits per heavy atom. The van der Waals surface area contributed by atoms with Crippen LogP contribution in [0.4, 0.5) is 0 Å². The molecule has 33 N–H and O–H groups in total. The summed E-state index contributed by atoms with van der Waals surface area (Å²) in [7, 11) is 0. The molecule has 53 heteroatoms. The topological polar surface area (TPSA) is 851 Å². The van der Waals surface area contributed by atoms with Gasteiger partial charge in [-0.15, -0.1) is 0 Å². The number of nitrogens with one attached hydrogen (secondary N) is 2. The number of amides is 2. The molecule has 9 fully saturated rings. The summed E-state index contributed by atoms with van der Waals surface area (Å²) in [6, 6.07) is -3.68. The van der Waals surface area contributed by atoms with Crippen LogP contribution < -0.4 is 10.6 Å². The average molecular weight is 1720 g/mol. The first-order valence-electron chi connectivity index (χ1n) is 37.1. The van der Waals surface area contributed by atoms with Crippen molar-refractivity contribution in [2.45, 2.75) is 314 Å². The van der Waals surface area contributed by atoms with Gasteiger partial charge in [0, 0.05) is 13.8 Å². The Morgan fingerprint density at radius 3 is 0.949 bits per heavy atom. The Balaban J connectivity index is 1.09. The van der Waals surface area contributed by atoms with Crippen molar-refractivity contribution in [3.63, 3.8) is 0 Å². The van der Waals surface area contributed by atoms with Gasteiger partial charge in [-0.1, -0.05) is 0 Å². The first-order chi connectivity index (χ1) is 55.4. The maximum Gasteiger partial charge on any atom is 0.217 e. The fourth-order valence-electron chi connectivity index (χ4n) is 14.6. The van der Waals surface area contributed by atoms with Gasteiger partial charge < -0.3 is 254 Å². The Kier molecular flexibility index (Phi) is 36.1. The highest BCUT2D eigenvalue weighted by molar-refractivity contribution is 5.73. The molecule has 9 rings (SSSR count). The molecular formula is C64H110N2O51. The predicted molar refractivity (Wildman–Crippen MR) is 355 cm³/mol. The molecule has 0 radical (unpaired) electrons. The molecule has 0 spiro atoms. The van der Waals surface area contributed by atoms with Crippen LogP contribution in [0.15, 0.2) is 0 Å². The highest BCUT2D eigenvalue weighted by Gasteiger charge is 2.61. The van der Waals surface area contributed by atoms with E-state index in [0.717, 1.165) is 13.8 Å². The van der Waals surface area contributed by atoms with Crippen molar-refractivity contribution in [2.75, 3.05) is 72.7 Å². The Morgan fingerprint density at radius 2 is 0.590 bits per heavy atom. The summed E-state index contributed by atoms with van der Waals surface area (Å²) in [5, 5.41) is 346. The van der Waals surface area contributed by atoms with E-state index >= 15 is 0 Å². The van der Waals surface area contributed by atoms with E-state index in [1.165, 1.54) is 0 Å². The predicted octanol–water partition coefficient (Wildman–Crippen LogP) is -22.9. The molecule has 9 heterocycles. The lowest BCUT2D eigenvalue weighted by Gasteiger charge is -2.50. The van der Waals surface area contributed by atoms with Gasteiger partial charge in [-0.2, -0.15) is 0 Å². The summed E-state index contributed by atoms with van der Waals surface area (Å²) in [4.78, 5) is 25.0. The van der Waals surface area contributed by atoms with Crippen molar-refractivity contribution in [2.24, 2.45) is 0 Å². The van der Waals surface area contributed by atoms with Crippen molar-refractivity contribution < 1.29 is 253 Å². The van der Waals surface area contributed by atoms with Gasteiger partial charge in [-0.25, -0.2) is 0 Å². The molecule has 0 aromatic rings. The van der Waals surface area contributed by atoms with Crippen LogP contribution in [0.25, 0.3) is 0 Å². The molecule has 0 aromatic carbocycles. The van der Waals surface area contributed by atoms with E-state index in [2.05, 4.69) is 10.6 Å². The van der Waals surface area contributed by atoms with Crippen LogP contribution in [0.3, 0.4) is 0 Å². The third-order valence-electron chi connectivity index (χ3n) is 21.3. The summed E-state index contributed by atoms with van der Waals surface area (Å²) in [6.07, 6.45) is -103. The molecule has 0 bridgehead atoms. The average Bonchev–Trinajstić information content (AvgIpc) is 0.777. The van der Waals surface area contributed by atoms with Crippen LogP contribution in [-0.4, -0.2) is 543 Å². The maximum atomic E-state index is 13.0. The number of hydrogen-bond acceptors (Lipinski definition) is 51. The van der Waals surface area contributed by atoms with Gasteiger partial charge in [0.05, 0.1) is 78.7 Å². The quantitative estimate of drug-likeness (QED) is 0.0284. The maximum absolute atomic E-state index is 13.0. The zero-order valence-corrected chi connectivity index (χ0v) is 62.1. The number of ether oxygens (including phenoxy) is 18. The van der Waals surface area contributed by atoms with Gasteiger partial charge in [0.15, 0.2) is 56.6 Å². The fraction of sp³-hybridized carbons (Fsp3) is 0.969. The second-order valence-corrected chi connectivity index (χ2v) is 29.3. The van der Waals surface area contributed by atoms with Crippen molar-refractivity contribution in [3.8, 4) is 0 Å². The van der Waals surface area contributed by atoms with Crippen LogP contribution in [-0.2, 0) is 94.9 Å². The largest absolute Gasteiger partial charge is 0.394 e. The van der Waals surface area contributed by atoms with Crippen molar-refractivity contribution in [1.29, 1.82) is 0 Å². The summed E-state index contributed by atoms with van der Waals surface area (Å²) in [5.41, 5.74) is 0. The zero-order valence-electron chi connectivity index (χ0n) is 62.1. The molecule has 0 unspecified atom stereocenters. The number of rotatable bonds is 34. The van der Waals surface area contributed by atoms with E-state index in [9.17, 15) is 168 Å². The van der Waals surface area contributed by atoms with E-state index < -0.39 is 385 Å². The third-order valence-corrected chi connectivity index (χ3v) is 21.3. The number of carbonyl (C=O) groups excluding carboxylic acids is 2. The molecule has 0 saturated carbocycles. The van der Waals surface area contributed by atoms with Gasteiger partial charge in [0.25, 0.3) is 0 Å². The van der Waals surface area contributed by atoms with Crippen LogP contribution in [0.2, 0.25) is 0 Å². The summed E-state index contributed by atoms with van der Waals surface area (Å²) >= 11 is 0. The Hall–Kier alpha value is -3.02. The van der Waals surface area contributed by atoms with Gasteiger partial charge in [0.2, 0.25) is 11.8 Å². The van der Waals surface area contributed by atoms with Crippen LogP contribution in [0.5, 0.6) is 0 Å². The lowest BCUT2D eigenvalue weighted by atomic mass is 9.94. The van der Waals surface area contributed by atoms with E-state index in [-0.39, 0.29) is 0 Å². The minimum atomic E-state index is -2.62. The summed E-state index contributed by atoms with van der Waals surface area (Å²) in [5.74, 6) is -1.83. The SMILES string of the molecule is CC(=O)N[C@H]1[C@H](O[C@@H]([C@H](O)[C@H](CO)NC(C)=O)[C@H](O)CO)O[C@H](CO)[C@@H](O[C@@H]2O[C@H](CO[C@H]3O[C@H](CO[C@H]4O[C@H](CO)[C@@H](O)[C@H](O)[C@@H]4O[C@H]4O[C@H](CO)[C@@H](O)[C@H](O)[C@@H]4O)[C@@H](O)[C@H](O[C@H]4O[C@H](CO)[C@@H](O)[C@H](O)[C@@H]4O[C@H]4O[C@H](CO)[C@@H](O)[C@H](O)[C@@H]4O)[C@@H]3O)[C@@H](O)[C@H](O[C@H]3O[C@H](CO)[C@@H](O)[C@H](O)[C@@H]3O[C@H]3O[C@H](CO)[C@@H](O)[C@H](O)[C@@H]3O)[C@@H]2O)[C@@H]1O. The number of aliphatic hydroxyl groups is 31. The second kappa shape index (κ2) is 43.3. The van der Waals surface area contributed by atoms with Gasteiger partial charge in [-0.3, -0.25) is 9.59 Å². The minimum absolute atomic E-state index is 0.828. The number of carbonyl (C=O) groups is 2. The van der Waals surface area contributed by atoms with Gasteiger partial charge in [-0.05, 0) is 0 Å². The lowest BCUT2D eigenvalue weighted by Crippen LogP contribution is -2.69. The first kappa shape index (κ1) is 97.8. The third kappa shape index (κ3) is 21.7. The van der Waals surface area contributed by atoms with E-state index in [0.29, 0.717) is 0 Å². The molecule has 682 valence electrons. The van der Waals surface area contributed by atoms with Gasteiger partial charge >= 0.3 is 0 Å². The Labute approximate surface area is 661 Å². The molecule has 2 amide bonds. The molecule has 9 saturated heterocycles. The summed E-state index contributed by atoms with van der Waals surface area (Å²) < 4.78 is 105. The highest BCUT2D eigenvalue weighted by Crippen LogP contribution is 2.40. The first-order valence-corrected chi connectivity index (χ1v) is 37.1. The van der Waals surface area contributed by atoms with Crippen molar-refractivity contribution >= 4 is 11.8 Å². The normalized spacial score (nSPS) is 48.6. The van der Waals surface area contributed by atoms with E-state index in [1.807, 2.05) is 0 Å². The second-order valence-electron chi connectivity index (χ2n) is 29.3. The minimum Gasteiger partial charge on any atom is -0.394 e. The zero-order chi connectivity index (χ0) is 86.4. The molecule has 117 heavy (non-hydrogen) atoms. The van der Waals surface area contributed by atoms with Crippen LogP contribution >= 0.6 is 0 Å². The fourth-order valence-corrected chi connectivity index (χ4v) is 14.6. The van der Waals surface area contributed by atoms with Crippen molar-refractivity contribution in [1.82, 2.24) is 10.6 Å². The molecule has 0 aliphatic carbocycles. The van der Waals surface area contributed by atoms with Crippen LogP contribution in [0.1, 0.15) is 13.8 Å². The molecule has 9 aliphatic rings. The molecular weight excluding hydrogens is 1610 g/mol. The van der Waals surface area contributed by atoms with Crippen molar-refractivity contribution in [3.05, 3.63) is 0 Å². The van der Waals surface area contributed by atoms with Gasteiger partial charge in [0.1, 0.15) is 238 Å². The molecule has 49 atom stereocenters. The molecule has 53 nitrogen and oxygen atoms in total. The lowest BCUT2D eigenvalue weighted by molar-refractivity contribution is -0.401. The smallest absolute Gasteiger partial charge is 0.217 e. The monoisotopic (exact) mass is 1720 g/mol. The number of hydrogen-bond donors (Lipinski definition) is 33. The van der Waals surface area contributed by atoms with Crippen LogP contribution in [0, 0.1) is 0 Å². The van der Waals surface area contributed by atoms with E-state index in [1.54, 1.807) is 0 Å². The summed E-state index contributed by atoms with van der Waals surface area (Å²) in [6.45, 7) is -10.7. The molecule has 0 aromatic heterocycles. The standard InChI is InChI=1S/C64H110N2O51/c1-14(76)65-16(3-67)28(79)49(17(78)4-68)111-56-27(66-15(2)77)37(88)50(24(11-75)108-56)112-61-48(99)52(114-64-55(43(94)34(85)23(10-74)107-64)117-60-46(97)40(91)31(82)20(7-71)104-60)36(87)26(110-61)12-100-57-47(98)51(113-63-54(42(93)33(84)22(9-73)106-63)116-59-45(96)39(90)30(81)19(6-70)103-59)35(86)25(109-57)13-101-62-53(41(92)32(83)21(8-72)105-62)115-58-44(95)38(89)29(80)18(5-69)102-58/h16-64,67-75,78-99H,3-13H2,1-2H3,(H,65,76)(H,66,77)/t16-,17+,18+,19+,20+,21+,22+,23+,24+,25+,26+,27+,28+,29+,30+,31+,32+,33+,34+,35+,36+,37+,38-,39-,40-,41-,42-,43-,44-,45-,46-,47-,48-,49+,50+,51-,52-,53-,54-,55-,56-,57-,58+,59+,60+,61-,62-,63+,64+/m0/s1. The van der Waals surface area contributed by atoms with E-state index in [4.69, 9.17) is 85.3 Å². The number of aliphatic hydroxyl groups excluding tert-OH is 31. The molecule has 9 aliphatic heterocycles. The Bertz CT molecular complexity index is 2990. The highest BCUT2D eigenvalue weighted by atomic mass is 16.8.